The van der Waals surface area contributed by atoms with E-state index in [0.717, 1.165) is 22.3 Å². The lowest BCUT2D eigenvalue weighted by Crippen LogP contribution is -1.98. The van der Waals surface area contributed by atoms with Crippen LogP contribution < -0.4 is 0 Å². The smallest absolute Gasteiger partial charge is 0.336 e. The number of aryl methyl sites for hydroxylation is 2. The first-order valence-corrected chi connectivity index (χ1v) is 9.49. The fraction of sp³-hybridized carbons (Fsp3) is 0.0769. The third-order valence-electron chi connectivity index (χ3n) is 5.23. The molecule has 3 nitrogen and oxygen atoms in total. The largest absolute Gasteiger partial charge is 0.478 e. The standard InChI is InChI=1S/C26H21NO2/c1-17-16-25(21-11-13-27-14-12-21)18(2)15-24(17)20-9-7-19(8-10-20)22-5-3-4-6-23(22)26(28)29/h3-16H,1-2H3,(H,28,29). The molecule has 0 fully saturated rings. The summed E-state index contributed by atoms with van der Waals surface area (Å²) in [5, 5.41) is 9.44. The van der Waals surface area contributed by atoms with Crippen molar-refractivity contribution in [3.8, 4) is 33.4 Å². The summed E-state index contributed by atoms with van der Waals surface area (Å²) < 4.78 is 0. The first-order valence-electron chi connectivity index (χ1n) is 9.49. The number of hydrogen-bond acceptors (Lipinski definition) is 2. The molecule has 0 aliphatic heterocycles. The molecule has 0 saturated heterocycles. The molecule has 1 aromatic heterocycles. The van der Waals surface area contributed by atoms with Crippen molar-refractivity contribution in [1.29, 1.82) is 0 Å². The molecule has 1 N–H and O–H groups in total. The Kier molecular flexibility index (Phi) is 4.96. The second kappa shape index (κ2) is 7.72. The van der Waals surface area contributed by atoms with Gasteiger partial charge >= 0.3 is 5.97 Å². The summed E-state index contributed by atoms with van der Waals surface area (Å²) in [5.74, 6) is -0.914. The van der Waals surface area contributed by atoms with Crippen molar-refractivity contribution in [2.45, 2.75) is 13.8 Å². The second-order valence-corrected chi connectivity index (χ2v) is 7.15. The molecule has 142 valence electrons. The minimum atomic E-state index is -0.914. The summed E-state index contributed by atoms with van der Waals surface area (Å²) in [6.45, 7) is 4.24. The van der Waals surface area contributed by atoms with Gasteiger partial charge in [0.15, 0.2) is 0 Å². The quantitative estimate of drug-likeness (QED) is 0.446. The zero-order valence-corrected chi connectivity index (χ0v) is 16.4. The van der Waals surface area contributed by atoms with Crippen molar-refractivity contribution in [2.24, 2.45) is 0 Å². The Balaban J connectivity index is 1.72. The third kappa shape index (κ3) is 3.67. The lowest BCUT2D eigenvalue weighted by Gasteiger charge is -2.14. The van der Waals surface area contributed by atoms with Crippen molar-refractivity contribution >= 4 is 5.97 Å². The van der Waals surface area contributed by atoms with E-state index in [9.17, 15) is 9.90 Å². The van der Waals surface area contributed by atoms with E-state index in [1.807, 2.05) is 48.8 Å². The summed E-state index contributed by atoms with van der Waals surface area (Å²) in [6.07, 6.45) is 3.62. The summed E-state index contributed by atoms with van der Waals surface area (Å²) in [4.78, 5) is 15.6. The molecule has 3 heteroatoms. The molecule has 0 amide bonds. The highest BCUT2D eigenvalue weighted by Crippen LogP contribution is 2.33. The van der Waals surface area contributed by atoms with Crippen molar-refractivity contribution < 1.29 is 9.90 Å². The molecule has 0 saturated carbocycles. The van der Waals surface area contributed by atoms with E-state index in [1.165, 1.54) is 22.3 Å². The average Bonchev–Trinajstić information content (AvgIpc) is 2.76. The van der Waals surface area contributed by atoms with Crippen LogP contribution in [0.5, 0.6) is 0 Å². The second-order valence-electron chi connectivity index (χ2n) is 7.15. The highest BCUT2D eigenvalue weighted by Gasteiger charge is 2.12. The first kappa shape index (κ1) is 18.6. The van der Waals surface area contributed by atoms with Crippen molar-refractivity contribution in [3.05, 3.63) is 102 Å². The van der Waals surface area contributed by atoms with E-state index in [4.69, 9.17) is 0 Å². The molecule has 0 aliphatic carbocycles. The maximum atomic E-state index is 11.5. The van der Waals surface area contributed by atoms with Gasteiger partial charge in [-0.2, -0.15) is 0 Å². The van der Waals surface area contributed by atoms with Gasteiger partial charge in [0.1, 0.15) is 0 Å². The number of carboxylic acid groups (broad SMARTS) is 1. The molecule has 0 aliphatic rings. The van der Waals surface area contributed by atoms with Gasteiger partial charge in [-0.25, -0.2) is 4.79 Å². The summed E-state index contributed by atoms with van der Waals surface area (Å²) in [7, 11) is 0. The Morgan fingerprint density at radius 2 is 1.17 bits per heavy atom. The summed E-state index contributed by atoms with van der Waals surface area (Å²) in [6, 6.07) is 23.7. The summed E-state index contributed by atoms with van der Waals surface area (Å²) >= 11 is 0. The van der Waals surface area contributed by atoms with Crippen molar-refractivity contribution in [2.75, 3.05) is 0 Å². The van der Waals surface area contributed by atoms with Crippen LogP contribution in [0.4, 0.5) is 0 Å². The predicted molar refractivity (Wildman–Crippen MR) is 117 cm³/mol. The number of carbonyl (C=O) groups is 1. The molecule has 4 aromatic rings. The molecule has 4 rings (SSSR count). The minimum Gasteiger partial charge on any atom is -0.478 e. The van der Waals surface area contributed by atoms with Gasteiger partial charge in [-0.15, -0.1) is 0 Å². The maximum absolute atomic E-state index is 11.5. The Hall–Kier alpha value is -3.72. The van der Waals surface area contributed by atoms with Crippen LogP contribution in [0, 0.1) is 13.8 Å². The number of carboxylic acids is 1. The van der Waals surface area contributed by atoms with Gasteiger partial charge in [-0.05, 0) is 76.6 Å². The third-order valence-corrected chi connectivity index (χ3v) is 5.23. The van der Waals surface area contributed by atoms with Crippen LogP contribution in [-0.2, 0) is 0 Å². The Morgan fingerprint density at radius 3 is 1.72 bits per heavy atom. The van der Waals surface area contributed by atoms with Crippen LogP contribution in [0.25, 0.3) is 33.4 Å². The molecule has 0 spiro atoms. The fourth-order valence-electron chi connectivity index (χ4n) is 3.72. The molecule has 0 unspecified atom stereocenters. The van der Waals surface area contributed by atoms with Crippen molar-refractivity contribution in [3.63, 3.8) is 0 Å². The highest BCUT2D eigenvalue weighted by molar-refractivity contribution is 5.96. The molecule has 0 radical (unpaired) electrons. The average molecular weight is 379 g/mol. The number of aromatic nitrogens is 1. The number of benzene rings is 3. The van der Waals surface area contributed by atoms with Gasteiger partial charge in [-0.3, -0.25) is 4.98 Å². The van der Waals surface area contributed by atoms with Crippen LogP contribution in [0.15, 0.2) is 85.2 Å². The number of pyridine rings is 1. The van der Waals surface area contributed by atoms with Crippen LogP contribution >= 0.6 is 0 Å². The molecule has 29 heavy (non-hydrogen) atoms. The number of nitrogens with zero attached hydrogens (tertiary/aromatic N) is 1. The number of aromatic carboxylic acids is 1. The number of hydrogen-bond donors (Lipinski definition) is 1. The van der Waals surface area contributed by atoms with Crippen LogP contribution in [-0.4, -0.2) is 16.1 Å². The van der Waals surface area contributed by atoms with E-state index in [0.29, 0.717) is 5.56 Å². The Bertz CT molecular complexity index is 1180. The monoisotopic (exact) mass is 379 g/mol. The van der Waals surface area contributed by atoms with Gasteiger partial charge in [0.2, 0.25) is 0 Å². The van der Waals surface area contributed by atoms with E-state index in [-0.39, 0.29) is 0 Å². The molecular formula is C26H21NO2. The molecule has 0 atom stereocenters. The van der Waals surface area contributed by atoms with E-state index >= 15 is 0 Å². The Labute approximate surface area is 170 Å². The van der Waals surface area contributed by atoms with E-state index in [2.05, 4.69) is 43.1 Å². The van der Waals surface area contributed by atoms with Gasteiger partial charge in [0.05, 0.1) is 5.56 Å². The first-order chi connectivity index (χ1) is 14.0. The van der Waals surface area contributed by atoms with Crippen LogP contribution in [0.2, 0.25) is 0 Å². The van der Waals surface area contributed by atoms with Gasteiger partial charge in [-0.1, -0.05) is 54.6 Å². The van der Waals surface area contributed by atoms with Gasteiger partial charge in [0.25, 0.3) is 0 Å². The van der Waals surface area contributed by atoms with Crippen LogP contribution in [0.3, 0.4) is 0 Å². The normalized spacial score (nSPS) is 10.7. The summed E-state index contributed by atoms with van der Waals surface area (Å²) in [5.41, 5.74) is 9.00. The lowest BCUT2D eigenvalue weighted by molar-refractivity contribution is 0.0697. The molecule has 0 bridgehead atoms. The topological polar surface area (TPSA) is 50.2 Å². The van der Waals surface area contributed by atoms with Crippen molar-refractivity contribution in [1.82, 2.24) is 4.98 Å². The fourth-order valence-corrected chi connectivity index (χ4v) is 3.72. The van der Waals surface area contributed by atoms with E-state index in [1.54, 1.807) is 12.1 Å². The van der Waals surface area contributed by atoms with Crippen LogP contribution in [0.1, 0.15) is 21.5 Å². The predicted octanol–water partition coefficient (Wildman–Crippen LogP) is 6.40. The zero-order chi connectivity index (χ0) is 20.4. The van der Waals surface area contributed by atoms with Gasteiger partial charge in [0, 0.05) is 12.4 Å². The highest BCUT2D eigenvalue weighted by atomic mass is 16.4. The zero-order valence-electron chi connectivity index (χ0n) is 16.4. The SMILES string of the molecule is Cc1cc(-c2ccc(-c3ccccc3C(=O)O)cc2)c(C)cc1-c1ccncc1. The molecular weight excluding hydrogens is 358 g/mol. The van der Waals surface area contributed by atoms with E-state index < -0.39 is 5.97 Å². The minimum absolute atomic E-state index is 0.314. The number of rotatable bonds is 4. The Morgan fingerprint density at radius 1 is 0.690 bits per heavy atom. The molecule has 3 aromatic carbocycles. The lowest BCUT2D eigenvalue weighted by atomic mass is 9.91. The maximum Gasteiger partial charge on any atom is 0.336 e. The van der Waals surface area contributed by atoms with Gasteiger partial charge < -0.3 is 5.11 Å². The molecule has 1 heterocycles.